The molecule has 0 aliphatic carbocycles. The zero-order valence-corrected chi connectivity index (χ0v) is 13.3. The second-order valence-corrected chi connectivity index (χ2v) is 7.03. The number of halogens is 1. The van der Waals surface area contributed by atoms with E-state index in [4.69, 9.17) is 0 Å². The van der Waals surface area contributed by atoms with E-state index in [1.807, 2.05) is 19.1 Å². The fraction of sp³-hybridized carbons (Fsp3) is 0.250. The molecule has 0 aliphatic heterocycles. The lowest BCUT2D eigenvalue weighted by molar-refractivity contribution is 0.591. The number of anilines is 1. The van der Waals surface area contributed by atoms with Crippen LogP contribution in [0.2, 0.25) is 0 Å². The van der Waals surface area contributed by atoms with Crippen LogP contribution in [0.4, 0.5) is 10.1 Å². The van der Waals surface area contributed by atoms with Crippen molar-refractivity contribution in [1.29, 1.82) is 0 Å². The van der Waals surface area contributed by atoms with Crippen LogP contribution < -0.4 is 4.31 Å². The van der Waals surface area contributed by atoms with Gasteiger partial charge in [0.05, 0.1) is 10.6 Å². The predicted octanol–water partition coefficient (Wildman–Crippen LogP) is 3.58. The summed E-state index contributed by atoms with van der Waals surface area (Å²) in [6.45, 7) is 5.06. The van der Waals surface area contributed by atoms with E-state index < -0.39 is 15.8 Å². The van der Waals surface area contributed by atoms with Crippen molar-refractivity contribution >= 4 is 15.7 Å². The largest absolute Gasteiger partial charge is 0.269 e. The third kappa shape index (κ3) is 2.78. The molecule has 0 unspecified atom stereocenters. The fourth-order valence-electron chi connectivity index (χ4n) is 2.49. The first-order chi connectivity index (χ1) is 9.75. The second kappa shape index (κ2) is 5.48. The van der Waals surface area contributed by atoms with Crippen molar-refractivity contribution in [3.8, 4) is 0 Å². The molecule has 3 nitrogen and oxygen atoms in total. The van der Waals surface area contributed by atoms with Gasteiger partial charge in [-0.3, -0.25) is 4.31 Å². The zero-order valence-electron chi connectivity index (χ0n) is 12.5. The van der Waals surface area contributed by atoms with Gasteiger partial charge in [0.1, 0.15) is 5.82 Å². The van der Waals surface area contributed by atoms with Gasteiger partial charge in [0.25, 0.3) is 10.0 Å². The number of hydrogen-bond acceptors (Lipinski definition) is 2. The van der Waals surface area contributed by atoms with E-state index in [2.05, 4.69) is 0 Å². The SMILES string of the molecule is Cc1ccccc1N(C)S(=O)(=O)c1c(C)cc(F)cc1C. The Labute approximate surface area is 125 Å². The van der Waals surface area contributed by atoms with Gasteiger partial charge >= 0.3 is 0 Å². The Bertz CT molecular complexity index is 762. The van der Waals surface area contributed by atoms with Gasteiger partial charge in [-0.1, -0.05) is 18.2 Å². The highest BCUT2D eigenvalue weighted by Gasteiger charge is 2.26. The lowest BCUT2D eigenvalue weighted by Crippen LogP contribution is -2.28. The number of benzene rings is 2. The van der Waals surface area contributed by atoms with Gasteiger partial charge in [0.2, 0.25) is 0 Å². The molecule has 21 heavy (non-hydrogen) atoms. The molecule has 2 rings (SSSR count). The average molecular weight is 307 g/mol. The summed E-state index contributed by atoms with van der Waals surface area (Å²) in [5.74, 6) is -0.428. The fourth-order valence-corrected chi connectivity index (χ4v) is 4.16. The van der Waals surface area contributed by atoms with Crippen molar-refractivity contribution in [3.63, 3.8) is 0 Å². The van der Waals surface area contributed by atoms with E-state index in [0.717, 1.165) is 5.56 Å². The molecule has 2 aromatic rings. The summed E-state index contributed by atoms with van der Waals surface area (Å²) in [4.78, 5) is 0.162. The van der Waals surface area contributed by atoms with Crippen molar-refractivity contribution in [2.45, 2.75) is 25.7 Å². The molecule has 0 N–H and O–H groups in total. The van der Waals surface area contributed by atoms with Gasteiger partial charge in [-0.15, -0.1) is 0 Å². The van der Waals surface area contributed by atoms with Crippen molar-refractivity contribution in [1.82, 2.24) is 0 Å². The summed E-state index contributed by atoms with van der Waals surface area (Å²) in [7, 11) is -2.21. The van der Waals surface area contributed by atoms with E-state index in [1.165, 1.54) is 23.5 Å². The van der Waals surface area contributed by atoms with Gasteiger partial charge in [-0.25, -0.2) is 12.8 Å². The molecule has 0 aliphatic rings. The topological polar surface area (TPSA) is 37.4 Å². The Kier molecular flexibility index (Phi) is 4.05. The summed E-state index contributed by atoms with van der Waals surface area (Å²) >= 11 is 0. The number of sulfonamides is 1. The number of aryl methyl sites for hydroxylation is 3. The second-order valence-electron chi connectivity index (χ2n) is 5.13. The number of rotatable bonds is 3. The van der Waals surface area contributed by atoms with E-state index in [9.17, 15) is 12.8 Å². The van der Waals surface area contributed by atoms with Gasteiger partial charge < -0.3 is 0 Å². The van der Waals surface area contributed by atoms with Crippen LogP contribution in [0.15, 0.2) is 41.3 Å². The van der Waals surface area contributed by atoms with Crippen LogP contribution >= 0.6 is 0 Å². The quantitative estimate of drug-likeness (QED) is 0.869. The summed E-state index contributed by atoms with van der Waals surface area (Å²) < 4.78 is 40.3. The molecule has 0 atom stereocenters. The normalized spacial score (nSPS) is 11.5. The standard InChI is InChI=1S/C16H18FNO2S/c1-11-7-5-6-8-15(11)18(4)21(19,20)16-12(2)9-14(17)10-13(16)3/h5-10H,1-4H3. The summed E-state index contributed by atoms with van der Waals surface area (Å²) in [5.41, 5.74) is 2.29. The van der Waals surface area contributed by atoms with E-state index in [0.29, 0.717) is 16.8 Å². The lowest BCUT2D eigenvalue weighted by Gasteiger charge is -2.23. The highest BCUT2D eigenvalue weighted by atomic mass is 32.2. The summed E-state index contributed by atoms with van der Waals surface area (Å²) in [6.07, 6.45) is 0. The number of nitrogens with zero attached hydrogens (tertiary/aromatic N) is 1. The Morgan fingerprint density at radius 2 is 1.48 bits per heavy atom. The van der Waals surface area contributed by atoms with E-state index in [-0.39, 0.29) is 4.90 Å². The van der Waals surface area contributed by atoms with Crippen molar-refractivity contribution < 1.29 is 12.8 Å². The molecule has 0 bridgehead atoms. The molecule has 5 heteroatoms. The molecule has 0 saturated carbocycles. The highest BCUT2D eigenvalue weighted by molar-refractivity contribution is 7.92. The minimum Gasteiger partial charge on any atom is -0.269 e. The Morgan fingerprint density at radius 1 is 0.952 bits per heavy atom. The monoisotopic (exact) mass is 307 g/mol. The molecule has 0 amide bonds. The van der Waals surface area contributed by atoms with Gasteiger partial charge in [0.15, 0.2) is 0 Å². The first-order valence-electron chi connectivity index (χ1n) is 6.56. The molecular weight excluding hydrogens is 289 g/mol. The van der Waals surface area contributed by atoms with Crippen LogP contribution in [-0.2, 0) is 10.0 Å². The third-order valence-electron chi connectivity index (χ3n) is 3.50. The average Bonchev–Trinajstić information content (AvgIpc) is 2.36. The van der Waals surface area contributed by atoms with Crippen molar-refractivity contribution in [2.75, 3.05) is 11.4 Å². The molecular formula is C16H18FNO2S. The zero-order chi connectivity index (χ0) is 15.8. The molecule has 0 aromatic heterocycles. The van der Waals surface area contributed by atoms with Crippen molar-refractivity contribution in [3.05, 3.63) is 58.9 Å². The van der Waals surface area contributed by atoms with Crippen LogP contribution in [0.1, 0.15) is 16.7 Å². The Hall–Kier alpha value is -1.88. The van der Waals surface area contributed by atoms with E-state index in [1.54, 1.807) is 26.0 Å². The maximum atomic E-state index is 13.4. The van der Waals surface area contributed by atoms with Crippen LogP contribution in [0.25, 0.3) is 0 Å². The Morgan fingerprint density at radius 3 is 2.00 bits per heavy atom. The van der Waals surface area contributed by atoms with Gasteiger partial charge in [0, 0.05) is 7.05 Å². The van der Waals surface area contributed by atoms with Crippen molar-refractivity contribution in [2.24, 2.45) is 0 Å². The Balaban J connectivity index is 2.61. The maximum absolute atomic E-state index is 13.4. The van der Waals surface area contributed by atoms with Crippen LogP contribution in [0.5, 0.6) is 0 Å². The highest BCUT2D eigenvalue weighted by Crippen LogP contribution is 2.29. The van der Waals surface area contributed by atoms with Crippen LogP contribution in [0.3, 0.4) is 0 Å². The number of para-hydroxylation sites is 1. The molecule has 0 spiro atoms. The van der Waals surface area contributed by atoms with Crippen LogP contribution in [-0.4, -0.2) is 15.5 Å². The van der Waals surface area contributed by atoms with Gasteiger partial charge in [-0.2, -0.15) is 0 Å². The summed E-state index contributed by atoms with van der Waals surface area (Å²) in [6, 6.07) is 9.73. The predicted molar refractivity (Wildman–Crippen MR) is 82.6 cm³/mol. The molecule has 2 aromatic carbocycles. The molecule has 0 heterocycles. The molecule has 0 saturated heterocycles. The van der Waals surface area contributed by atoms with Crippen LogP contribution in [0, 0.1) is 26.6 Å². The smallest absolute Gasteiger partial charge is 0.264 e. The lowest BCUT2D eigenvalue weighted by atomic mass is 10.1. The minimum absolute atomic E-state index is 0.162. The molecule has 0 radical (unpaired) electrons. The molecule has 0 fully saturated rings. The first kappa shape index (κ1) is 15.5. The number of hydrogen-bond donors (Lipinski definition) is 0. The minimum atomic E-state index is -3.73. The maximum Gasteiger partial charge on any atom is 0.264 e. The van der Waals surface area contributed by atoms with E-state index >= 15 is 0 Å². The third-order valence-corrected chi connectivity index (χ3v) is 5.58. The summed E-state index contributed by atoms with van der Waals surface area (Å²) in [5, 5.41) is 0. The van der Waals surface area contributed by atoms with Gasteiger partial charge in [-0.05, 0) is 55.7 Å². The molecule has 112 valence electrons. The first-order valence-corrected chi connectivity index (χ1v) is 8.00.